The van der Waals surface area contributed by atoms with Crippen LogP contribution in [0.3, 0.4) is 0 Å². The minimum atomic E-state index is -3.73. The van der Waals surface area contributed by atoms with Crippen LogP contribution in [0.5, 0.6) is 0 Å². The van der Waals surface area contributed by atoms with E-state index in [2.05, 4.69) is 26.0 Å². The zero-order valence-corrected chi connectivity index (χ0v) is 12.4. The van der Waals surface area contributed by atoms with E-state index in [0.717, 1.165) is 6.42 Å². The van der Waals surface area contributed by atoms with E-state index in [4.69, 9.17) is 5.73 Å². The minimum Gasteiger partial charge on any atom is -0.398 e. The molecule has 1 unspecified atom stereocenters. The molecule has 0 spiro atoms. The van der Waals surface area contributed by atoms with Gasteiger partial charge in [0.25, 0.3) is 0 Å². The Morgan fingerprint density at radius 1 is 1.42 bits per heavy atom. The first kappa shape index (κ1) is 14.3. The van der Waals surface area contributed by atoms with E-state index in [0.29, 0.717) is 23.1 Å². The van der Waals surface area contributed by atoms with Crippen LogP contribution in [0.15, 0.2) is 27.6 Å². The number of rotatable bonds is 3. The average Bonchev–Trinajstić information content (AvgIpc) is 2.35. The number of hydrogen-bond donors (Lipinski definition) is 3. The molecule has 1 aliphatic rings. The number of nitrogens with one attached hydrogen (secondary N) is 2. The van der Waals surface area contributed by atoms with Crippen molar-refractivity contribution in [3.63, 3.8) is 0 Å². The highest BCUT2D eigenvalue weighted by molar-refractivity contribution is 9.10. The van der Waals surface area contributed by atoms with E-state index in [1.165, 1.54) is 18.2 Å². The second kappa shape index (κ2) is 5.48. The third-order valence-electron chi connectivity index (χ3n) is 2.86. The number of benzene rings is 1. The maximum absolute atomic E-state index is 12.2. The highest BCUT2D eigenvalue weighted by Gasteiger charge is 2.27. The number of nitrogen functional groups attached to an aromatic ring is 1. The summed E-state index contributed by atoms with van der Waals surface area (Å²) in [5, 5.41) is 2.63. The quantitative estimate of drug-likeness (QED) is 0.696. The topological polar surface area (TPSA) is 101 Å². The fourth-order valence-corrected chi connectivity index (χ4v) is 3.60. The number of hydrogen-bond acceptors (Lipinski definition) is 4. The standard InChI is InChI=1S/C11H14BrN3O3S/c12-8-6-7(3-4-9(8)13)19(17,18)15-10-2-1-5-14-11(10)16/h3-4,6,10,15H,1-2,5,13H2,(H,14,16). The highest BCUT2D eigenvalue weighted by atomic mass is 79.9. The van der Waals surface area contributed by atoms with Crippen LogP contribution in [0, 0.1) is 0 Å². The molecule has 8 heteroatoms. The van der Waals surface area contributed by atoms with Crippen LogP contribution >= 0.6 is 15.9 Å². The monoisotopic (exact) mass is 347 g/mol. The summed E-state index contributed by atoms with van der Waals surface area (Å²) in [5.41, 5.74) is 6.07. The largest absolute Gasteiger partial charge is 0.398 e. The third-order valence-corrected chi connectivity index (χ3v) is 5.02. The van der Waals surface area contributed by atoms with Gasteiger partial charge in [-0.2, -0.15) is 4.72 Å². The molecule has 1 saturated heterocycles. The molecule has 104 valence electrons. The SMILES string of the molecule is Nc1ccc(S(=O)(=O)NC2CCCNC2=O)cc1Br. The van der Waals surface area contributed by atoms with Crippen molar-refractivity contribution < 1.29 is 13.2 Å². The molecule has 2 rings (SSSR count). The second-order valence-electron chi connectivity index (χ2n) is 4.29. The molecular weight excluding hydrogens is 334 g/mol. The van der Waals surface area contributed by atoms with Crippen LogP contribution in [0.1, 0.15) is 12.8 Å². The van der Waals surface area contributed by atoms with Gasteiger partial charge in [0.05, 0.1) is 4.90 Å². The maximum Gasteiger partial charge on any atom is 0.241 e. The molecule has 0 aliphatic carbocycles. The fraction of sp³-hybridized carbons (Fsp3) is 0.364. The molecule has 0 aromatic heterocycles. The van der Waals surface area contributed by atoms with E-state index in [1.54, 1.807) is 0 Å². The molecule has 0 bridgehead atoms. The van der Waals surface area contributed by atoms with Crippen molar-refractivity contribution in [2.75, 3.05) is 12.3 Å². The second-order valence-corrected chi connectivity index (χ2v) is 6.86. The lowest BCUT2D eigenvalue weighted by atomic mass is 10.1. The number of sulfonamides is 1. The predicted molar refractivity (Wildman–Crippen MR) is 74.9 cm³/mol. The highest BCUT2D eigenvalue weighted by Crippen LogP contribution is 2.23. The van der Waals surface area contributed by atoms with Gasteiger partial charge < -0.3 is 11.1 Å². The molecule has 1 aliphatic heterocycles. The van der Waals surface area contributed by atoms with E-state index in [-0.39, 0.29) is 10.8 Å². The van der Waals surface area contributed by atoms with Crippen molar-refractivity contribution in [3.8, 4) is 0 Å². The van der Waals surface area contributed by atoms with Gasteiger partial charge in [0, 0.05) is 16.7 Å². The molecule has 6 nitrogen and oxygen atoms in total. The van der Waals surface area contributed by atoms with Crippen molar-refractivity contribution in [2.45, 2.75) is 23.8 Å². The van der Waals surface area contributed by atoms with Gasteiger partial charge in [0.15, 0.2) is 0 Å². The number of anilines is 1. The average molecular weight is 348 g/mol. The summed E-state index contributed by atoms with van der Waals surface area (Å²) in [6.45, 7) is 0.588. The van der Waals surface area contributed by atoms with Crippen LogP contribution in [0.4, 0.5) is 5.69 Å². The summed E-state index contributed by atoms with van der Waals surface area (Å²) in [6.07, 6.45) is 1.26. The molecule has 0 radical (unpaired) electrons. The van der Waals surface area contributed by atoms with Crippen molar-refractivity contribution in [2.24, 2.45) is 0 Å². The summed E-state index contributed by atoms with van der Waals surface area (Å²) in [7, 11) is -3.73. The van der Waals surface area contributed by atoms with E-state index in [9.17, 15) is 13.2 Å². The normalized spacial score (nSPS) is 20.1. The Kier molecular flexibility index (Phi) is 4.12. The van der Waals surface area contributed by atoms with Gasteiger partial charge in [-0.15, -0.1) is 0 Å². The summed E-state index contributed by atoms with van der Waals surface area (Å²) >= 11 is 3.18. The number of amides is 1. The Balaban J connectivity index is 2.22. The molecule has 0 saturated carbocycles. The molecule has 1 aromatic carbocycles. The van der Waals surface area contributed by atoms with Gasteiger partial charge in [0.2, 0.25) is 15.9 Å². The Hall–Kier alpha value is -1.12. The Bertz CT molecular complexity index is 603. The maximum atomic E-state index is 12.2. The third kappa shape index (κ3) is 3.26. The van der Waals surface area contributed by atoms with Crippen molar-refractivity contribution in [1.82, 2.24) is 10.0 Å². The summed E-state index contributed by atoms with van der Waals surface area (Å²) in [6, 6.07) is 3.61. The van der Waals surface area contributed by atoms with Crippen LogP contribution in [-0.4, -0.2) is 26.9 Å². The van der Waals surface area contributed by atoms with E-state index in [1.807, 2.05) is 0 Å². The van der Waals surface area contributed by atoms with Crippen LogP contribution in [-0.2, 0) is 14.8 Å². The smallest absolute Gasteiger partial charge is 0.241 e. The molecule has 1 amide bonds. The lowest BCUT2D eigenvalue weighted by Gasteiger charge is -2.22. The van der Waals surface area contributed by atoms with Gasteiger partial charge in [-0.05, 0) is 47.0 Å². The molecule has 1 heterocycles. The number of piperidine rings is 1. The molecule has 4 N–H and O–H groups in total. The van der Waals surface area contributed by atoms with Gasteiger partial charge in [-0.3, -0.25) is 4.79 Å². The number of halogens is 1. The van der Waals surface area contributed by atoms with Crippen molar-refractivity contribution in [3.05, 3.63) is 22.7 Å². The van der Waals surface area contributed by atoms with Crippen LogP contribution in [0.25, 0.3) is 0 Å². The fourth-order valence-electron chi connectivity index (χ4n) is 1.81. The van der Waals surface area contributed by atoms with E-state index >= 15 is 0 Å². The summed E-state index contributed by atoms with van der Waals surface area (Å²) in [5.74, 6) is -0.288. The number of nitrogens with two attached hydrogens (primary N) is 1. The van der Waals surface area contributed by atoms with Crippen molar-refractivity contribution in [1.29, 1.82) is 0 Å². The Labute approximate surface area is 119 Å². The Morgan fingerprint density at radius 2 is 2.16 bits per heavy atom. The lowest BCUT2D eigenvalue weighted by Crippen LogP contribution is -2.50. The molecule has 1 aromatic rings. The van der Waals surface area contributed by atoms with Gasteiger partial charge in [-0.25, -0.2) is 8.42 Å². The van der Waals surface area contributed by atoms with Gasteiger partial charge in [-0.1, -0.05) is 0 Å². The number of carbonyl (C=O) groups is 1. The van der Waals surface area contributed by atoms with Gasteiger partial charge in [0.1, 0.15) is 6.04 Å². The zero-order chi connectivity index (χ0) is 14.0. The molecular formula is C11H14BrN3O3S. The summed E-state index contributed by atoms with van der Waals surface area (Å²) in [4.78, 5) is 11.6. The van der Waals surface area contributed by atoms with Gasteiger partial charge >= 0.3 is 0 Å². The predicted octanol–water partition coefficient (Wildman–Crippen LogP) is 0.588. The first-order chi connectivity index (χ1) is 8.90. The lowest BCUT2D eigenvalue weighted by molar-refractivity contribution is -0.124. The van der Waals surface area contributed by atoms with Crippen LogP contribution in [0.2, 0.25) is 0 Å². The Morgan fingerprint density at radius 3 is 2.79 bits per heavy atom. The first-order valence-electron chi connectivity index (χ1n) is 5.75. The minimum absolute atomic E-state index is 0.0759. The molecule has 1 atom stereocenters. The molecule has 1 fully saturated rings. The molecule has 19 heavy (non-hydrogen) atoms. The van der Waals surface area contributed by atoms with Crippen molar-refractivity contribution >= 4 is 37.5 Å². The zero-order valence-electron chi connectivity index (χ0n) is 10.0. The summed E-state index contributed by atoms with van der Waals surface area (Å²) < 4.78 is 27.2. The first-order valence-corrected chi connectivity index (χ1v) is 8.03. The number of carbonyl (C=O) groups excluding carboxylic acids is 1. The van der Waals surface area contributed by atoms with Crippen LogP contribution < -0.4 is 15.8 Å². The van der Waals surface area contributed by atoms with E-state index < -0.39 is 16.1 Å².